The summed E-state index contributed by atoms with van der Waals surface area (Å²) in [5.74, 6) is 1.87. The monoisotopic (exact) mass is 275 g/mol. The third-order valence-electron chi connectivity index (χ3n) is 4.18. The Kier molecular flexibility index (Phi) is 5.05. The van der Waals surface area contributed by atoms with Crippen LogP contribution in [0.15, 0.2) is 24.3 Å². The van der Waals surface area contributed by atoms with Crippen molar-refractivity contribution in [3.63, 3.8) is 0 Å². The van der Waals surface area contributed by atoms with Gasteiger partial charge in [-0.15, -0.1) is 0 Å². The highest BCUT2D eigenvalue weighted by atomic mass is 16.5. The number of hydrogen-bond acceptors (Lipinski definition) is 3. The molecule has 1 fully saturated rings. The summed E-state index contributed by atoms with van der Waals surface area (Å²) >= 11 is 0. The van der Waals surface area contributed by atoms with E-state index in [4.69, 9.17) is 4.74 Å². The molecule has 0 heterocycles. The second-order valence-corrected chi connectivity index (χ2v) is 5.96. The van der Waals surface area contributed by atoms with Gasteiger partial charge in [0.2, 0.25) is 0 Å². The van der Waals surface area contributed by atoms with Gasteiger partial charge in [0.1, 0.15) is 11.5 Å². The highest BCUT2D eigenvalue weighted by Gasteiger charge is 2.31. The van der Waals surface area contributed by atoms with Gasteiger partial charge in [-0.05, 0) is 43.0 Å². The molecule has 0 bridgehead atoms. The molecule has 1 aliphatic carbocycles. The molecule has 1 saturated carbocycles. The van der Waals surface area contributed by atoms with Crippen molar-refractivity contribution >= 4 is 11.5 Å². The summed E-state index contributed by atoms with van der Waals surface area (Å²) in [5, 5.41) is 3.55. The molecule has 1 aliphatic rings. The molecule has 2 rings (SSSR count). The van der Waals surface area contributed by atoms with E-state index in [0.29, 0.717) is 11.7 Å². The minimum Gasteiger partial charge on any atom is -0.497 e. The zero-order valence-corrected chi connectivity index (χ0v) is 12.7. The Morgan fingerprint density at radius 1 is 1.20 bits per heavy atom. The van der Waals surface area contributed by atoms with Crippen molar-refractivity contribution in [2.75, 3.05) is 12.4 Å². The molecule has 0 saturated heterocycles. The van der Waals surface area contributed by atoms with Gasteiger partial charge in [0.15, 0.2) is 0 Å². The maximum absolute atomic E-state index is 12.2. The van der Waals surface area contributed by atoms with E-state index in [-0.39, 0.29) is 12.0 Å². The van der Waals surface area contributed by atoms with Gasteiger partial charge in [-0.3, -0.25) is 4.79 Å². The van der Waals surface area contributed by atoms with Gasteiger partial charge in [0.05, 0.1) is 7.11 Å². The Morgan fingerprint density at radius 3 is 2.45 bits per heavy atom. The lowest BCUT2D eigenvalue weighted by Gasteiger charge is -2.33. The highest BCUT2D eigenvalue weighted by molar-refractivity contribution is 5.82. The van der Waals surface area contributed by atoms with E-state index in [2.05, 4.69) is 19.2 Å². The first-order chi connectivity index (χ1) is 9.61. The molecule has 110 valence electrons. The van der Waals surface area contributed by atoms with E-state index in [1.165, 1.54) is 6.42 Å². The smallest absolute Gasteiger partial charge is 0.138 e. The maximum atomic E-state index is 12.2. The van der Waals surface area contributed by atoms with Gasteiger partial charge in [0, 0.05) is 24.1 Å². The molecular weight excluding hydrogens is 250 g/mol. The second kappa shape index (κ2) is 6.78. The number of Topliss-reactive ketones (excluding diaryl/α,β-unsaturated/α-hetero) is 1. The van der Waals surface area contributed by atoms with Crippen molar-refractivity contribution in [2.24, 2.45) is 11.8 Å². The van der Waals surface area contributed by atoms with Crippen molar-refractivity contribution in [3.05, 3.63) is 24.3 Å². The first-order valence-electron chi connectivity index (χ1n) is 7.55. The summed E-state index contributed by atoms with van der Waals surface area (Å²) in [7, 11) is 1.67. The Balaban J connectivity index is 2.09. The minimum absolute atomic E-state index is 0.158. The Morgan fingerprint density at radius 2 is 1.90 bits per heavy atom. The fourth-order valence-corrected chi connectivity index (χ4v) is 3.00. The number of ether oxygens (including phenoxy) is 1. The zero-order chi connectivity index (χ0) is 14.5. The Labute approximate surface area is 121 Å². The summed E-state index contributed by atoms with van der Waals surface area (Å²) < 4.78 is 5.17. The summed E-state index contributed by atoms with van der Waals surface area (Å²) in [4.78, 5) is 12.2. The van der Waals surface area contributed by atoms with E-state index >= 15 is 0 Å². The van der Waals surface area contributed by atoms with Crippen LogP contribution in [0.4, 0.5) is 5.69 Å². The summed E-state index contributed by atoms with van der Waals surface area (Å²) in [5.41, 5.74) is 1.06. The molecule has 0 aromatic heterocycles. The van der Waals surface area contributed by atoms with Gasteiger partial charge in [-0.1, -0.05) is 20.3 Å². The Hall–Kier alpha value is -1.51. The molecule has 2 atom stereocenters. The second-order valence-electron chi connectivity index (χ2n) is 5.96. The molecule has 0 amide bonds. The van der Waals surface area contributed by atoms with E-state index in [1.54, 1.807) is 7.11 Å². The molecule has 1 unspecified atom stereocenters. The van der Waals surface area contributed by atoms with Gasteiger partial charge < -0.3 is 10.1 Å². The summed E-state index contributed by atoms with van der Waals surface area (Å²) in [6.45, 7) is 4.37. The molecule has 1 N–H and O–H groups in total. The fraction of sp³-hybridized carbons (Fsp3) is 0.588. The molecule has 0 spiro atoms. The molecule has 1 aromatic carbocycles. The van der Waals surface area contributed by atoms with Crippen molar-refractivity contribution in [3.8, 4) is 5.75 Å². The molecular formula is C17H25NO2. The van der Waals surface area contributed by atoms with Crippen molar-refractivity contribution in [2.45, 2.75) is 45.6 Å². The Bertz CT molecular complexity index is 439. The van der Waals surface area contributed by atoms with Gasteiger partial charge >= 0.3 is 0 Å². The van der Waals surface area contributed by atoms with Crippen LogP contribution in [-0.4, -0.2) is 18.9 Å². The lowest BCUT2D eigenvalue weighted by atomic mass is 9.78. The number of carbonyl (C=O) groups excluding carboxylic acids is 1. The molecule has 0 aliphatic heterocycles. The van der Waals surface area contributed by atoms with Crippen molar-refractivity contribution < 1.29 is 9.53 Å². The number of anilines is 1. The van der Waals surface area contributed by atoms with Crippen LogP contribution in [-0.2, 0) is 4.79 Å². The minimum atomic E-state index is 0.158. The first kappa shape index (κ1) is 14.9. The van der Waals surface area contributed by atoms with E-state index in [0.717, 1.165) is 30.7 Å². The summed E-state index contributed by atoms with van der Waals surface area (Å²) in [6.07, 6.45) is 4.00. The van der Waals surface area contributed by atoms with Crippen molar-refractivity contribution in [1.29, 1.82) is 0 Å². The third kappa shape index (κ3) is 3.53. The number of rotatable bonds is 5. The quantitative estimate of drug-likeness (QED) is 0.886. The number of ketones is 1. The van der Waals surface area contributed by atoms with Gasteiger partial charge in [-0.25, -0.2) is 0 Å². The van der Waals surface area contributed by atoms with Crippen LogP contribution in [0.3, 0.4) is 0 Å². The summed E-state index contributed by atoms with van der Waals surface area (Å²) in [6, 6.07) is 8.14. The third-order valence-corrected chi connectivity index (χ3v) is 4.18. The molecule has 3 nitrogen and oxygen atoms in total. The highest BCUT2D eigenvalue weighted by Crippen LogP contribution is 2.29. The van der Waals surface area contributed by atoms with Gasteiger partial charge in [-0.2, -0.15) is 0 Å². The lowest BCUT2D eigenvalue weighted by molar-refractivity contribution is -0.125. The molecule has 20 heavy (non-hydrogen) atoms. The predicted molar refractivity (Wildman–Crippen MR) is 82.2 cm³/mol. The maximum Gasteiger partial charge on any atom is 0.138 e. The number of methoxy groups -OCH3 is 1. The van der Waals surface area contributed by atoms with E-state index < -0.39 is 0 Å². The predicted octanol–water partition coefficient (Wildman–Crippen LogP) is 3.89. The van der Waals surface area contributed by atoms with Crippen molar-refractivity contribution in [1.82, 2.24) is 0 Å². The van der Waals surface area contributed by atoms with Crippen LogP contribution in [0.1, 0.15) is 39.5 Å². The van der Waals surface area contributed by atoms with Crippen LogP contribution in [0, 0.1) is 11.8 Å². The number of nitrogens with one attached hydrogen (secondary N) is 1. The average molecular weight is 275 g/mol. The lowest BCUT2D eigenvalue weighted by Crippen LogP contribution is -2.40. The number of carbonyl (C=O) groups is 1. The zero-order valence-electron chi connectivity index (χ0n) is 12.7. The topological polar surface area (TPSA) is 38.3 Å². The normalized spacial score (nSPS) is 20.8. The SMILES string of the molecule is COc1ccc(N[C@H](C(C)C)C2CCCCC2=O)cc1. The number of benzene rings is 1. The number of hydrogen-bond donors (Lipinski definition) is 1. The van der Waals surface area contributed by atoms with E-state index in [1.807, 2.05) is 24.3 Å². The standard InChI is InChI=1S/C17H25NO2/c1-12(2)17(15-6-4-5-7-16(15)19)18-13-8-10-14(20-3)11-9-13/h8-12,15,17-18H,4-7H2,1-3H3/t15?,17-/m1/s1. The molecule has 1 aromatic rings. The fourth-order valence-electron chi connectivity index (χ4n) is 3.00. The largest absolute Gasteiger partial charge is 0.497 e. The van der Waals surface area contributed by atoms with Crippen LogP contribution in [0.5, 0.6) is 5.75 Å². The van der Waals surface area contributed by atoms with Gasteiger partial charge in [0.25, 0.3) is 0 Å². The van der Waals surface area contributed by atoms with Crippen LogP contribution >= 0.6 is 0 Å². The first-order valence-corrected chi connectivity index (χ1v) is 7.55. The van der Waals surface area contributed by atoms with E-state index in [9.17, 15) is 4.79 Å². The average Bonchev–Trinajstić information content (AvgIpc) is 2.46. The van der Waals surface area contributed by atoms with Crippen LogP contribution in [0.2, 0.25) is 0 Å². The molecule has 0 radical (unpaired) electrons. The molecule has 3 heteroatoms. The van der Waals surface area contributed by atoms with Crippen LogP contribution in [0.25, 0.3) is 0 Å². The van der Waals surface area contributed by atoms with Crippen LogP contribution < -0.4 is 10.1 Å².